The van der Waals surface area contributed by atoms with Gasteiger partial charge in [-0.1, -0.05) is 37.3 Å². The molecule has 0 heterocycles. The topological polar surface area (TPSA) is 9.23 Å². The molecule has 0 saturated carbocycles. The first-order chi connectivity index (χ1) is 16.3. The molecule has 0 aromatic heterocycles. The van der Waals surface area contributed by atoms with Crippen LogP contribution in [-0.2, 0) is 0 Å². The lowest BCUT2D eigenvalue weighted by molar-refractivity contribution is 0.295. The van der Waals surface area contributed by atoms with Crippen molar-refractivity contribution in [3.05, 3.63) is 94.3 Å². The summed E-state index contributed by atoms with van der Waals surface area (Å²) < 4.78 is 77.4. The molecular formula is C28H25F5O. The normalized spacial score (nSPS) is 15.9. The molecule has 0 spiro atoms. The van der Waals surface area contributed by atoms with Crippen molar-refractivity contribution in [2.45, 2.75) is 45.4 Å². The van der Waals surface area contributed by atoms with E-state index in [-0.39, 0.29) is 40.5 Å². The van der Waals surface area contributed by atoms with Crippen LogP contribution in [0.5, 0.6) is 5.75 Å². The van der Waals surface area contributed by atoms with Gasteiger partial charge in [-0.15, -0.1) is 0 Å². The molecule has 0 amide bonds. The smallest absolute Gasteiger partial charge is 0.201 e. The van der Waals surface area contributed by atoms with E-state index in [2.05, 4.69) is 0 Å². The van der Waals surface area contributed by atoms with Crippen molar-refractivity contribution in [3.8, 4) is 16.9 Å². The molecule has 1 unspecified atom stereocenters. The van der Waals surface area contributed by atoms with Crippen LogP contribution < -0.4 is 4.74 Å². The van der Waals surface area contributed by atoms with Gasteiger partial charge >= 0.3 is 0 Å². The van der Waals surface area contributed by atoms with Gasteiger partial charge in [0.15, 0.2) is 23.2 Å². The van der Waals surface area contributed by atoms with E-state index >= 15 is 0 Å². The van der Waals surface area contributed by atoms with Crippen LogP contribution in [0, 0.1) is 36.0 Å². The van der Waals surface area contributed by atoms with E-state index in [1.54, 1.807) is 18.2 Å². The SMILES string of the molecule is CCCOc1ccc(-c2ccc(C3CC=C(c4ccc(C)c(F)c4F)CC3)cc2F)c(F)c1F. The van der Waals surface area contributed by atoms with Gasteiger partial charge in [0.05, 0.1) is 6.61 Å². The van der Waals surface area contributed by atoms with E-state index in [0.717, 1.165) is 11.1 Å². The van der Waals surface area contributed by atoms with E-state index in [1.807, 2.05) is 13.0 Å². The van der Waals surface area contributed by atoms with Gasteiger partial charge in [0.2, 0.25) is 5.82 Å². The number of allylic oxidation sites excluding steroid dienone is 2. The summed E-state index contributed by atoms with van der Waals surface area (Å²) in [5.74, 6) is -4.85. The Hall–Kier alpha value is -3.15. The molecule has 0 N–H and O–H groups in total. The van der Waals surface area contributed by atoms with Gasteiger partial charge in [-0.05, 0) is 73.4 Å². The van der Waals surface area contributed by atoms with Crippen molar-refractivity contribution in [1.82, 2.24) is 0 Å². The average Bonchev–Trinajstić information content (AvgIpc) is 2.84. The molecule has 0 fully saturated rings. The van der Waals surface area contributed by atoms with Crippen LogP contribution >= 0.6 is 0 Å². The van der Waals surface area contributed by atoms with Crippen molar-refractivity contribution < 1.29 is 26.7 Å². The molecule has 6 heteroatoms. The largest absolute Gasteiger partial charge is 0.490 e. The molecule has 3 aromatic carbocycles. The van der Waals surface area contributed by atoms with E-state index in [1.165, 1.54) is 31.2 Å². The van der Waals surface area contributed by atoms with Gasteiger partial charge in [-0.25, -0.2) is 17.6 Å². The summed E-state index contributed by atoms with van der Waals surface area (Å²) in [5, 5.41) is 0. The van der Waals surface area contributed by atoms with Gasteiger partial charge in [0.25, 0.3) is 0 Å². The van der Waals surface area contributed by atoms with Gasteiger partial charge in [-0.2, -0.15) is 4.39 Å². The standard InChI is InChI=1S/C28H25F5O/c1-3-14-34-24-13-12-22(27(32)28(24)33)21-11-9-19(15-23(21)29)17-5-7-18(8-6-17)20-10-4-16(2)25(30)26(20)31/h4,7,9-13,15,17H,3,5-6,8,14H2,1-2H3. The lowest BCUT2D eigenvalue weighted by atomic mass is 9.82. The Morgan fingerprint density at radius 2 is 1.53 bits per heavy atom. The van der Waals surface area contributed by atoms with Gasteiger partial charge in [0.1, 0.15) is 5.82 Å². The fourth-order valence-corrected chi connectivity index (χ4v) is 4.34. The van der Waals surface area contributed by atoms with Crippen LogP contribution in [0.1, 0.15) is 55.2 Å². The molecule has 0 bridgehead atoms. The highest BCUT2D eigenvalue weighted by Crippen LogP contribution is 2.39. The maximum absolute atomic E-state index is 15.0. The van der Waals surface area contributed by atoms with E-state index in [9.17, 15) is 22.0 Å². The zero-order valence-electron chi connectivity index (χ0n) is 19.0. The molecule has 1 atom stereocenters. The summed E-state index contributed by atoms with van der Waals surface area (Å²) in [4.78, 5) is 0. The third-order valence-corrected chi connectivity index (χ3v) is 6.30. The van der Waals surface area contributed by atoms with Crippen LogP contribution in [0.4, 0.5) is 22.0 Å². The van der Waals surface area contributed by atoms with Crippen LogP contribution in [0.15, 0.2) is 48.5 Å². The monoisotopic (exact) mass is 472 g/mol. The molecule has 178 valence electrons. The quantitative estimate of drug-likeness (QED) is 0.327. The summed E-state index contributed by atoms with van der Waals surface area (Å²) >= 11 is 0. The van der Waals surface area contributed by atoms with E-state index in [4.69, 9.17) is 4.74 Å². The fourth-order valence-electron chi connectivity index (χ4n) is 4.34. The lowest BCUT2D eigenvalue weighted by Gasteiger charge is -2.23. The molecule has 4 rings (SSSR count). The van der Waals surface area contributed by atoms with Crippen molar-refractivity contribution >= 4 is 5.57 Å². The number of hydrogen-bond donors (Lipinski definition) is 0. The van der Waals surface area contributed by atoms with Crippen molar-refractivity contribution in [2.75, 3.05) is 6.61 Å². The minimum absolute atomic E-state index is 0.0166. The Kier molecular flexibility index (Phi) is 7.05. The van der Waals surface area contributed by atoms with Crippen LogP contribution in [-0.4, -0.2) is 6.61 Å². The summed E-state index contributed by atoms with van der Waals surface area (Å²) in [7, 11) is 0. The minimum Gasteiger partial charge on any atom is -0.490 e. The number of ether oxygens (including phenoxy) is 1. The molecule has 1 nitrogen and oxygen atoms in total. The highest BCUT2D eigenvalue weighted by Gasteiger charge is 2.23. The number of benzene rings is 3. The van der Waals surface area contributed by atoms with Crippen LogP contribution in [0.2, 0.25) is 0 Å². The van der Waals surface area contributed by atoms with E-state index in [0.29, 0.717) is 25.7 Å². The first kappa shape index (κ1) is 24.0. The fraction of sp³-hybridized carbons (Fsp3) is 0.286. The summed E-state index contributed by atoms with van der Waals surface area (Å²) in [5.41, 5.74) is 1.75. The summed E-state index contributed by atoms with van der Waals surface area (Å²) in [6.45, 7) is 3.62. The third-order valence-electron chi connectivity index (χ3n) is 6.30. The predicted molar refractivity (Wildman–Crippen MR) is 123 cm³/mol. The molecule has 1 aliphatic carbocycles. The molecule has 0 saturated heterocycles. The van der Waals surface area contributed by atoms with Crippen LogP contribution in [0.3, 0.4) is 0 Å². The number of halogens is 5. The first-order valence-corrected chi connectivity index (χ1v) is 11.4. The Balaban J connectivity index is 1.55. The lowest BCUT2D eigenvalue weighted by Crippen LogP contribution is -2.07. The summed E-state index contributed by atoms with van der Waals surface area (Å²) in [6, 6.07) is 10.2. The molecule has 1 aliphatic rings. The molecule has 0 aliphatic heterocycles. The van der Waals surface area contributed by atoms with Crippen LogP contribution in [0.25, 0.3) is 16.7 Å². The summed E-state index contributed by atoms with van der Waals surface area (Å²) in [6.07, 6.45) is 4.19. The van der Waals surface area contributed by atoms with Gasteiger partial charge in [0, 0.05) is 16.7 Å². The second-order valence-electron chi connectivity index (χ2n) is 8.59. The molecular weight excluding hydrogens is 447 g/mol. The van der Waals surface area contributed by atoms with Gasteiger partial charge in [-0.3, -0.25) is 0 Å². The number of rotatable bonds is 6. The average molecular weight is 472 g/mol. The zero-order chi connectivity index (χ0) is 24.4. The molecule has 3 aromatic rings. The first-order valence-electron chi connectivity index (χ1n) is 11.4. The Bertz CT molecular complexity index is 1250. The second kappa shape index (κ2) is 10.00. The maximum Gasteiger partial charge on any atom is 0.201 e. The molecule has 0 radical (unpaired) electrons. The Morgan fingerprint density at radius 1 is 0.824 bits per heavy atom. The maximum atomic E-state index is 15.0. The Morgan fingerprint density at radius 3 is 2.21 bits per heavy atom. The number of aryl methyl sites for hydroxylation is 1. The third kappa shape index (κ3) is 4.59. The number of hydrogen-bond acceptors (Lipinski definition) is 1. The van der Waals surface area contributed by atoms with Crippen molar-refractivity contribution in [3.63, 3.8) is 0 Å². The second-order valence-corrected chi connectivity index (χ2v) is 8.59. The highest BCUT2D eigenvalue weighted by molar-refractivity contribution is 5.68. The minimum atomic E-state index is -1.15. The van der Waals surface area contributed by atoms with Gasteiger partial charge < -0.3 is 4.74 Å². The zero-order valence-corrected chi connectivity index (χ0v) is 19.0. The van der Waals surface area contributed by atoms with Crippen molar-refractivity contribution in [2.24, 2.45) is 0 Å². The predicted octanol–water partition coefficient (Wildman–Crippen LogP) is 8.50. The van der Waals surface area contributed by atoms with E-state index < -0.39 is 29.1 Å². The van der Waals surface area contributed by atoms with Crippen molar-refractivity contribution in [1.29, 1.82) is 0 Å². The molecule has 34 heavy (non-hydrogen) atoms. The Labute approximate surface area is 195 Å². The highest BCUT2D eigenvalue weighted by atomic mass is 19.2.